The van der Waals surface area contributed by atoms with Crippen LogP contribution in [-0.4, -0.2) is 36.3 Å². The van der Waals surface area contributed by atoms with Crippen LogP contribution in [0.1, 0.15) is 24.9 Å². The molecule has 0 bridgehead atoms. The topological polar surface area (TPSA) is 73.1 Å². The molecule has 5 heteroatoms. The van der Waals surface area contributed by atoms with Crippen molar-refractivity contribution in [2.75, 3.05) is 25.6 Å². The van der Waals surface area contributed by atoms with Crippen LogP contribution in [0.2, 0.25) is 0 Å². The third-order valence-electron chi connectivity index (χ3n) is 2.46. The first kappa shape index (κ1) is 13.9. The first-order chi connectivity index (χ1) is 8.15. The van der Waals surface area contributed by atoms with Crippen molar-refractivity contribution in [3.8, 4) is 0 Å². The Hall–Kier alpha value is -1.20. The summed E-state index contributed by atoms with van der Waals surface area (Å²) in [6, 6.07) is 2.05. The Labute approximate surface area is 103 Å². The Morgan fingerprint density at radius 3 is 2.88 bits per heavy atom. The highest BCUT2D eigenvalue weighted by Crippen LogP contribution is 2.07. The van der Waals surface area contributed by atoms with E-state index in [1.165, 1.54) is 0 Å². The maximum Gasteiger partial charge on any atom is 0.129 e. The molecule has 0 spiro atoms. The number of nitrogens with one attached hydrogen (secondary N) is 1. The molecular weight excluding hydrogens is 216 g/mol. The van der Waals surface area contributed by atoms with Crippen molar-refractivity contribution in [3.63, 3.8) is 0 Å². The first-order valence-electron chi connectivity index (χ1n) is 5.98. The number of methoxy groups -OCH3 is 1. The Morgan fingerprint density at radius 1 is 1.47 bits per heavy atom. The second-order valence-electron chi connectivity index (χ2n) is 4.08. The molecule has 0 aliphatic carbocycles. The molecule has 3 N–H and O–H groups in total. The number of rotatable bonds is 7. The number of anilines is 1. The van der Waals surface area contributed by atoms with Gasteiger partial charge >= 0.3 is 0 Å². The molecule has 0 fully saturated rings. The number of nitrogens with zero attached hydrogens (tertiary/aromatic N) is 2. The lowest BCUT2D eigenvalue weighted by molar-refractivity contribution is 0.178. The lowest BCUT2D eigenvalue weighted by Crippen LogP contribution is -2.28. The maximum atomic E-state index is 5.84. The zero-order chi connectivity index (χ0) is 12.7. The van der Waals surface area contributed by atoms with E-state index in [9.17, 15) is 0 Å². The summed E-state index contributed by atoms with van der Waals surface area (Å²) >= 11 is 0. The van der Waals surface area contributed by atoms with E-state index in [0.29, 0.717) is 6.61 Å². The summed E-state index contributed by atoms with van der Waals surface area (Å²) in [6.45, 7) is 5.37. The average Bonchev–Trinajstić information content (AvgIpc) is 2.28. The predicted molar refractivity (Wildman–Crippen MR) is 69.1 cm³/mol. The summed E-state index contributed by atoms with van der Waals surface area (Å²) in [5.41, 5.74) is 6.89. The molecule has 0 aromatic carbocycles. The van der Waals surface area contributed by atoms with Crippen LogP contribution in [0.5, 0.6) is 0 Å². The standard InChI is InChI=1S/C12H22N4O/c1-4-11-7-12(16-9(2)15-11)14-6-5-10(13)8-17-3/h7,10H,4-6,8,13H2,1-3H3,(H,14,15,16). The molecule has 1 rings (SSSR count). The molecule has 1 unspecified atom stereocenters. The second kappa shape index (κ2) is 7.19. The van der Waals surface area contributed by atoms with Gasteiger partial charge < -0.3 is 15.8 Å². The zero-order valence-electron chi connectivity index (χ0n) is 10.9. The molecule has 0 aliphatic heterocycles. The molecule has 0 saturated carbocycles. The fourth-order valence-electron chi connectivity index (χ4n) is 1.58. The van der Waals surface area contributed by atoms with E-state index >= 15 is 0 Å². The van der Waals surface area contributed by atoms with Crippen LogP contribution in [0.15, 0.2) is 6.07 Å². The normalized spacial score (nSPS) is 12.5. The monoisotopic (exact) mass is 238 g/mol. The highest BCUT2D eigenvalue weighted by molar-refractivity contribution is 5.35. The van der Waals surface area contributed by atoms with Gasteiger partial charge in [0, 0.05) is 31.5 Å². The van der Waals surface area contributed by atoms with E-state index in [0.717, 1.165) is 36.7 Å². The van der Waals surface area contributed by atoms with Crippen molar-refractivity contribution < 1.29 is 4.74 Å². The largest absolute Gasteiger partial charge is 0.383 e. The van der Waals surface area contributed by atoms with E-state index in [-0.39, 0.29) is 6.04 Å². The average molecular weight is 238 g/mol. The molecular formula is C12H22N4O. The molecule has 96 valence electrons. The van der Waals surface area contributed by atoms with Gasteiger partial charge in [-0.05, 0) is 19.8 Å². The quantitative estimate of drug-likeness (QED) is 0.745. The van der Waals surface area contributed by atoms with Gasteiger partial charge in [-0.15, -0.1) is 0 Å². The van der Waals surface area contributed by atoms with Crippen LogP contribution >= 0.6 is 0 Å². The van der Waals surface area contributed by atoms with Crippen LogP contribution in [0.4, 0.5) is 5.82 Å². The summed E-state index contributed by atoms with van der Waals surface area (Å²) in [7, 11) is 1.66. The van der Waals surface area contributed by atoms with Crippen molar-refractivity contribution in [2.24, 2.45) is 5.73 Å². The fraction of sp³-hybridized carbons (Fsp3) is 0.667. The van der Waals surface area contributed by atoms with Gasteiger partial charge in [0.15, 0.2) is 0 Å². The minimum atomic E-state index is 0.0704. The van der Waals surface area contributed by atoms with E-state index in [4.69, 9.17) is 10.5 Å². The lowest BCUT2D eigenvalue weighted by atomic mass is 10.2. The summed E-state index contributed by atoms with van der Waals surface area (Å²) in [6.07, 6.45) is 1.78. The molecule has 0 amide bonds. The second-order valence-corrected chi connectivity index (χ2v) is 4.08. The van der Waals surface area contributed by atoms with Gasteiger partial charge in [-0.2, -0.15) is 0 Å². The van der Waals surface area contributed by atoms with Gasteiger partial charge in [0.25, 0.3) is 0 Å². The molecule has 17 heavy (non-hydrogen) atoms. The molecule has 0 radical (unpaired) electrons. The summed E-state index contributed by atoms with van der Waals surface area (Å²) < 4.78 is 4.98. The predicted octanol–water partition coefficient (Wildman–Crippen LogP) is 1.12. The number of aryl methyl sites for hydroxylation is 2. The van der Waals surface area contributed by atoms with Crippen molar-refractivity contribution in [2.45, 2.75) is 32.7 Å². The van der Waals surface area contributed by atoms with Gasteiger partial charge in [-0.1, -0.05) is 6.92 Å². The van der Waals surface area contributed by atoms with Crippen molar-refractivity contribution >= 4 is 5.82 Å². The van der Waals surface area contributed by atoms with Crippen LogP contribution in [-0.2, 0) is 11.2 Å². The van der Waals surface area contributed by atoms with E-state index in [2.05, 4.69) is 22.2 Å². The number of ether oxygens (including phenoxy) is 1. The van der Waals surface area contributed by atoms with Crippen LogP contribution in [0, 0.1) is 6.92 Å². The lowest BCUT2D eigenvalue weighted by Gasteiger charge is -2.12. The summed E-state index contributed by atoms with van der Waals surface area (Å²) in [5, 5.41) is 3.26. The summed E-state index contributed by atoms with van der Waals surface area (Å²) in [4.78, 5) is 8.66. The Morgan fingerprint density at radius 2 is 2.24 bits per heavy atom. The molecule has 1 heterocycles. The maximum absolute atomic E-state index is 5.84. The van der Waals surface area contributed by atoms with Crippen LogP contribution in [0.25, 0.3) is 0 Å². The number of hydrogen-bond acceptors (Lipinski definition) is 5. The van der Waals surface area contributed by atoms with Gasteiger partial charge in [0.05, 0.1) is 6.61 Å². The SMILES string of the molecule is CCc1cc(NCCC(N)COC)nc(C)n1. The van der Waals surface area contributed by atoms with E-state index < -0.39 is 0 Å². The smallest absolute Gasteiger partial charge is 0.129 e. The Balaban J connectivity index is 2.43. The molecule has 0 saturated heterocycles. The molecule has 1 aromatic rings. The zero-order valence-corrected chi connectivity index (χ0v) is 10.9. The van der Waals surface area contributed by atoms with E-state index in [1.54, 1.807) is 7.11 Å². The minimum absolute atomic E-state index is 0.0704. The Kier molecular flexibility index (Phi) is 5.86. The first-order valence-corrected chi connectivity index (χ1v) is 5.98. The van der Waals surface area contributed by atoms with Gasteiger partial charge in [-0.25, -0.2) is 9.97 Å². The van der Waals surface area contributed by atoms with Gasteiger partial charge in [0.2, 0.25) is 0 Å². The molecule has 1 atom stereocenters. The number of aromatic nitrogens is 2. The minimum Gasteiger partial charge on any atom is -0.383 e. The van der Waals surface area contributed by atoms with Crippen molar-refractivity contribution in [1.82, 2.24) is 9.97 Å². The highest BCUT2D eigenvalue weighted by Gasteiger charge is 2.03. The van der Waals surface area contributed by atoms with Gasteiger partial charge in [0.1, 0.15) is 11.6 Å². The molecule has 5 nitrogen and oxygen atoms in total. The third-order valence-corrected chi connectivity index (χ3v) is 2.46. The van der Waals surface area contributed by atoms with Crippen molar-refractivity contribution in [1.29, 1.82) is 0 Å². The van der Waals surface area contributed by atoms with Crippen molar-refractivity contribution in [3.05, 3.63) is 17.6 Å². The number of nitrogens with two attached hydrogens (primary N) is 1. The summed E-state index contributed by atoms with van der Waals surface area (Å²) in [5.74, 6) is 1.67. The molecule has 1 aromatic heterocycles. The van der Waals surface area contributed by atoms with Crippen LogP contribution in [0.3, 0.4) is 0 Å². The highest BCUT2D eigenvalue weighted by atomic mass is 16.5. The number of hydrogen-bond donors (Lipinski definition) is 2. The fourth-order valence-corrected chi connectivity index (χ4v) is 1.58. The molecule has 0 aliphatic rings. The van der Waals surface area contributed by atoms with Gasteiger partial charge in [-0.3, -0.25) is 0 Å². The van der Waals surface area contributed by atoms with E-state index in [1.807, 2.05) is 13.0 Å². The Bertz CT molecular complexity index is 343. The van der Waals surface area contributed by atoms with Crippen LogP contribution < -0.4 is 11.1 Å². The third kappa shape index (κ3) is 5.10.